The molecule has 0 aliphatic carbocycles. The summed E-state index contributed by atoms with van der Waals surface area (Å²) in [5.74, 6) is -0.856. The summed E-state index contributed by atoms with van der Waals surface area (Å²) in [4.78, 5) is 41.9. The maximum atomic E-state index is 12.8. The Balaban J connectivity index is 2.31. The zero-order valence-electron chi connectivity index (χ0n) is 15.5. The molecule has 0 bridgehead atoms. The average molecular weight is 380 g/mol. The fraction of sp³-hybridized carbons (Fsp3) is 0.556. The van der Waals surface area contributed by atoms with Crippen LogP contribution in [0.4, 0.5) is 0 Å². The maximum Gasteiger partial charge on any atom is 0.339 e. The highest BCUT2D eigenvalue weighted by Crippen LogP contribution is 2.22. The molecule has 1 unspecified atom stereocenters. The van der Waals surface area contributed by atoms with Gasteiger partial charge in [-0.25, -0.2) is 14.6 Å². The molecule has 0 aliphatic heterocycles. The Kier molecular flexibility index (Phi) is 6.90. The number of thiophene rings is 1. The van der Waals surface area contributed by atoms with Gasteiger partial charge in [0.25, 0.3) is 5.56 Å². The van der Waals surface area contributed by atoms with Crippen molar-refractivity contribution in [1.82, 2.24) is 9.55 Å². The second kappa shape index (κ2) is 8.93. The number of nitrogens with zero attached hydrogens (tertiary/aromatic N) is 2. The number of hydrogen-bond donors (Lipinski definition) is 0. The van der Waals surface area contributed by atoms with Gasteiger partial charge >= 0.3 is 11.9 Å². The quantitative estimate of drug-likeness (QED) is 0.516. The molecule has 2 rings (SSSR count). The molecule has 26 heavy (non-hydrogen) atoms. The lowest BCUT2D eigenvalue weighted by atomic mass is 10.2. The van der Waals surface area contributed by atoms with Gasteiger partial charge in [-0.15, -0.1) is 11.3 Å². The van der Waals surface area contributed by atoms with Crippen LogP contribution >= 0.6 is 11.3 Å². The first-order valence-electron chi connectivity index (χ1n) is 8.68. The van der Waals surface area contributed by atoms with Crippen LogP contribution in [0.15, 0.2) is 16.5 Å². The number of esters is 2. The molecule has 0 fully saturated rings. The summed E-state index contributed by atoms with van der Waals surface area (Å²) in [6, 6.07) is -0.831. The van der Waals surface area contributed by atoms with Crippen LogP contribution < -0.4 is 5.56 Å². The van der Waals surface area contributed by atoms with Gasteiger partial charge in [0, 0.05) is 5.38 Å². The minimum absolute atomic E-state index is 0.183. The molecular weight excluding hydrogens is 356 g/mol. The fourth-order valence-corrected chi connectivity index (χ4v) is 3.11. The SMILES string of the molecule is CCCCOC(=O)c1csc2ncn(C(C)C(=O)OCC(C)C)c(=O)c12. The Morgan fingerprint density at radius 1 is 1.27 bits per heavy atom. The summed E-state index contributed by atoms with van der Waals surface area (Å²) >= 11 is 1.20. The van der Waals surface area contributed by atoms with Crippen molar-refractivity contribution in [2.45, 2.75) is 46.6 Å². The molecule has 2 heterocycles. The van der Waals surface area contributed by atoms with Crippen LogP contribution in [0.2, 0.25) is 0 Å². The first-order chi connectivity index (χ1) is 12.4. The third-order valence-corrected chi connectivity index (χ3v) is 4.67. The Labute approximate surface area is 155 Å². The lowest BCUT2D eigenvalue weighted by Gasteiger charge is -2.15. The first kappa shape index (κ1) is 20.1. The highest BCUT2D eigenvalue weighted by atomic mass is 32.1. The number of ether oxygens (including phenoxy) is 2. The van der Waals surface area contributed by atoms with Gasteiger partial charge in [0.2, 0.25) is 0 Å². The monoisotopic (exact) mass is 380 g/mol. The third-order valence-electron chi connectivity index (χ3n) is 3.79. The van der Waals surface area contributed by atoms with Gasteiger partial charge in [0.15, 0.2) is 0 Å². The molecule has 0 amide bonds. The standard InChI is InChI=1S/C18H24N2O5S/c1-5-6-7-24-18(23)13-9-26-15-14(13)16(21)20(10-19-15)12(4)17(22)25-8-11(2)3/h9-12H,5-8H2,1-4H3. The summed E-state index contributed by atoms with van der Waals surface area (Å²) in [5, 5.41) is 1.75. The Bertz CT molecular complexity index is 840. The normalized spacial score (nSPS) is 12.3. The van der Waals surface area contributed by atoms with E-state index < -0.39 is 23.5 Å². The van der Waals surface area contributed by atoms with E-state index in [2.05, 4.69) is 4.98 Å². The topological polar surface area (TPSA) is 87.5 Å². The van der Waals surface area contributed by atoms with Crippen molar-refractivity contribution in [3.63, 3.8) is 0 Å². The van der Waals surface area contributed by atoms with E-state index in [1.807, 2.05) is 20.8 Å². The summed E-state index contributed by atoms with van der Waals surface area (Å²) < 4.78 is 11.6. The van der Waals surface area contributed by atoms with Crippen LogP contribution in [0.1, 0.15) is 56.9 Å². The van der Waals surface area contributed by atoms with Crippen LogP contribution in [-0.2, 0) is 14.3 Å². The highest BCUT2D eigenvalue weighted by Gasteiger charge is 2.23. The lowest BCUT2D eigenvalue weighted by molar-refractivity contribution is -0.148. The smallest absolute Gasteiger partial charge is 0.339 e. The second-order valence-corrected chi connectivity index (χ2v) is 7.33. The van der Waals surface area contributed by atoms with E-state index in [9.17, 15) is 14.4 Å². The predicted molar refractivity (Wildman–Crippen MR) is 99.6 cm³/mol. The maximum absolute atomic E-state index is 12.8. The molecule has 2 aromatic heterocycles. The van der Waals surface area contributed by atoms with Crippen LogP contribution in [0, 0.1) is 5.92 Å². The molecule has 0 spiro atoms. The minimum Gasteiger partial charge on any atom is -0.464 e. The number of rotatable bonds is 8. The predicted octanol–water partition coefficient (Wildman–Crippen LogP) is 3.18. The average Bonchev–Trinajstić information content (AvgIpc) is 3.04. The van der Waals surface area contributed by atoms with Crippen molar-refractivity contribution in [3.05, 3.63) is 27.6 Å². The fourth-order valence-electron chi connectivity index (χ4n) is 2.24. The molecule has 0 saturated carbocycles. The zero-order chi connectivity index (χ0) is 19.3. The van der Waals surface area contributed by atoms with Crippen LogP contribution in [0.25, 0.3) is 10.2 Å². The molecule has 0 saturated heterocycles. The number of carbonyl (C=O) groups excluding carboxylic acids is 2. The van der Waals surface area contributed by atoms with Gasteiger partial charge in [-0.05, 0) is 19.3 Å². The summed E-state index contributed by atoms with van der Waals surface area (Å²) in [7, 11) is 0. The van der Waals surface area contributed by atoms with Crippen LogP contribution in [0.3, 0.4) is 0 Å². The molecule has 8 heteroatoms. The Morgan fingerprint density at radius 2 is 2.00 bits per heavy atom. The number of unbranched alkanes of at least 4 members (excludes halogenated alkanes) is 1. The number of fused-ring (bicyclic) bond motifs is 1. The zero-order valence-corrected chi connectivity index (χ0v) is 16.3. The van der Waals surface area contributed by atoms with E-state index in [-0.39, 0.29) is 23.5 Å². The van der Waals surface area contributed by atoms with E-state index in [0.717, 1.165) is 12.8 Å². The largest absolute Gasteiger partial charge is 0.464 e. The first-order valence-corrected chi connectivity index (χ1v) is 9.56. The van der Waals surface area contributed by atoms with Gasteiger partial charge in [-0.3, -0.25) is 9.36 Å². The molecule has 1 atom stereocenters. The van der Waals surface area contributed by atoms with E-state index in [4.69, 9.17) is 9.47 Å². The number of aromatic nitrogens is 2. The van der Waals surface area contributed by atoms with Gasteiger partial charge in [-0.2, -0.15) is 0 Å². The highest BCUT2D eigenvalue weighted by molar-refractivity contribution is 7.17. The molecule has 0 aliphatic rings. The molecular formula is C18H24N2O5S. The van der Waals surface area contributed by atoms with Crippen molar-refractivity contribution in [2.24, 2.45) is 5.92 Å². The third kappa shape index (κ3) is 4.49. The molecule has 7 nitrogen and oxygen atoms in total. The number of hydrogen-bond acceptors (Lipinski definition) is 7. The van der Waals surface area contributed by atoms with Crippen molar-refractivity contribution < 1.29 is 19.1 Å². The van der Waals surface area contributed by atoms with Gasteiger partial charge < -0.3 is 9.47 Å². The van der Waals surface area contributed by atoms with Crippen LogP contribution in [-0.4, -0.2) is 34.7 Å². The summed E-state index contributed by atoms with van der Waals surface area (Å²) in [6.07, 6.45) is 2.98. The Morgan fingerprint density at radius 3 is 2.65 bits per heavy atom. The molecule has 142 valence electrons. The van der Waals surface area contributed by atoms with E-state index in [1.54, 1.807) is 12.3 Å². The van der Waals surface area contributed by atoms with Gasteiger partial charge in [0.05, 0.1) is 30.5 Å². The van der Waals surface area contributed by atoms with Gasteiger partial charge in [-0.1, -0.05) is 27.2 Å². The molecule has 0 aromatic carbocycles. The molecule has 2 aromatic rings. The second-order valence-electron chi connectivity index (χ2n) is 6.48. The molecule has 0 N–H and O–H groups in total. The summed E-state index contributed by atoms with van der Waals surface area (Å²) in [6.45, 7) is 8.01. The summed E-state index contributed by atoms with van der Waals surface area (Å²) in [5.41, 5.74) is -0.261. The molecule has 0 radical (unpaired) electrons. The van der Waals surface area contributed by atoms with Gasteiger partial charge in [0.1, 0.15) is 10.9 Å². The van der Waals surface area contributed by atoms with Crippen molar-refractivity contribution in [2.75, 3.05) is 13.2 Å². The lowest BCUT2D eigenvalue weighted by Crippen LogP contribution is -2.30. The number of carbonyl (C=O) groups is 2. The van der Waals surface area contributed by atoms with E-state index >= 15 is 0 Å². The van der Waals surface area contributed by atoms with E-state index in [0.29, 0.717) is 11.4 Å². The minimum atomic E-state index is -0.831. The van der Waals surface area contributed by atoms with Crippen molar-refractivity contribution >= 4 is 33.5 Å². The van der Waals surface area contributed by atoms with E-state index in [1.165, 1.54) is 22.2 Å². The Hall–Kier alpha value is -2.22. The van der Waals surface area contributed by atoms with Crippen molar-refractivity contribution in [1.29, 1.82) is 0 Å². The van der Waals surface area contributed by atoms with Crippen molar-refractivity contribution in [3.8, 4) is 0 Å². The van der Waals surface area contributed by atoms with Crippen LogP contribution in [0.5, 0.6) is 0 Å².